The predicted molar refractivity (Wildman–Crippen MR) is 47.9 cm³/mol. The largest absolute Gasteiger partial charge is 0.466 e. The lowest BCUT2D eigenvalue weighted by atomic mass is 10.3. The first-order valence-electron chi connectivity index (χ1n) is 4.31. The van der Waals surface area contributed by atoms with Crippen molar-refractivity contribution in [3.63, 3.8) is 0 Å². The third-order valence-electron chi connectivity index (χ3n) is 1.34. The molecule has 5 heteroatoms. The molecule has 1 amide bonds. The number of carbonyl (C=O) groups excluding carboxylic acids is 2. The Morgan fingerprint density at radius 2 is 2.15 bits per heavy atom. The van der Waals surface area contributed by atoms with E-state index in [9.17, 15) is 9.59 Å². The third kappa shape index (κ3) is 8.81. The molecule has 0 fully saturated rings. The summed E-state index contributed by atoms with van der Waals surface area (Å²) in [7, 11) is 0. The van der Waals surface area contributed by atoms with Crippen LogP contribution in [0.2, 0.25) is 0 Å². The summed E-state index contributed by atoms with van der Waals surface area (Å²) in [4.78, 5) is 21.1. The molecule has 0 aliphatic heterocycles. The van der Waals surface area contributed by atoms with E-state index in [1.54, 1.807) is 6.92 Å². The standard InChI is InChI=1S/C8H16N2O3/c1-2-13-8(12)4-3-5-10-6-7(9)11/h10H,2-6H2,1H3,(H2,9,11). The van der Waals surface area contributed by atoms with Gasteiger partial charge in [0.15, 0.2) is 0 Å². The van der Waals surface area contributed by atoms with E-state index >= 15 is 0 Å². The van der Waals surface area contributed by atoms with E-state index in [2.05, 4.69) is 5.32 Å². The van der Waals surface area contributed by atoms with Crippen molar-refractivity contribution in [1.29, 1.82) is 0 Å². The van der Waals surface area contributed by atoms with Crippen molar-refractivity contribution in [2.45, 2.75) is 19.8 Å². The molecular formula is C8H16N2O3. The van der Waals surface area contributed by atoms with Crippen LogP contribution in [-0.4, -0.2) is 31.6 Å². The number of rotatable bonds is 7. The average molecular weight is 188 g/mol. The van der Waals surface area contributed by atoms with Gasteiger partial charge in [0.05, 0.1) is 13.2 Å². The smallest absolute Gasteiger partial charge is 0.305 e. The van der Waals surface area contributed by atoms with Crippen LogP contribution in [0.5, 0.6) is 0 Å². The molecule has 0 aromatic rings. The van der Waals surface area contributed by atoms with Crippen molar-refractivity contribution in [2.24, 2.45) is 5.73 Å². The summed E-state index contributed by atoms with van der Waals surface area (Å²) in [6.45, 7) is 2.93. The van der Waals surface area contributed by atoms with Gasteiger partial charge in [-0.1, -0.05) is 0 Å². The first kappa shape index (κ1) is 11.9. The van der Waals surface area contributed by atoms with E-state index in [-0.39, 0.29) is 12.5 Å². The molecule has 0 spiro atoms. The van der Waals surface area contributed by atoms with Crippen LogP contribution in [0.25, 0.3) is 0 Å². The number of carbonyl (C=O) groups is 2. The first-order chi connectivity index (χ1) is 6.16. The molecule has 0 aliphatic carbocycles. The summed E-state index contributed by atoms with van der Waals surface area (Å²) in [6, 6.07) is 0. The molecule has 0 radical (unpaired) electrons. The van der Waals surface area contributed by atoms with Gasteiger partial charge < -0.3 is 15.8 Å². The molecule has 0 unspecified atom stereocenters. The van der Waals surface area contributed by atoms with Crippen molar-refractivity contribution < 1.29 is 14.3 Å². The number of hydrogen-bond acceptors (Lipinski definition) is 4. The second kappa shape index (κ2) is 7.54. The summed E-state index contributed by atoms with van der Waals surface area (Å²) in [6.07, 6.45) is 1.03. The van der Waals surface area contributed by atoms with E-state index in [1.165, 1.54) is 0 Å². The Labute approximate surface area is 77.6 Å². The molecule has 0 saturated heterocycles. The van der Waals surface area contributed by atoms with Crippen LogP contribution in [0.1, 0.15) is 19.8 Å². The lowest BCUT2D eigenvalue weighted by Crippen LogP contribution is -2.29. The maximum absolute atomic E-state index is 10.8. The Bertz CT molecular complexity index is 171. The summed E-state index contributed by atoms with van der Waals surface area (Å²) < 4.78 is 4.71. The fraction of sp³-hybridized carbons (Fsp3) is 0.750. The van der Waals surface area contributed by atoms with Gasteiger partial charge in [-0.15, -0.1) is 0 Å². The molecule has 0 bridgehead atoms. The summed E-state index contributed by atoms with van der Waals surface area (Å²) >= 11 is 0. The van der Waals surface area contributed by atoms with E-state index in [0.717, 1.165) is 0 Å². The van der Waals surface area contributed by atoms with Crippen LogP contribution in [0.15, 0.2) is 0 Å². The molecule has 0 aromatic carbocycles. The summed E-state index contributed by atoms with van der Waals surface area (Å²) in [5.41, 5.74) is 4.89. The number of nitrogens with two attached hydrogens (primary N) is 1. The Morgan fingerprint density at radius 3 is 2.69 bits per heavy atom. The molecule has 3 N–H and O–H groups in total. The molecule has 0 heterocycles. The molecular weight excluding hydrogens is 172 g/mol. The highest BCUT2D eigenvalue weighted by Gasteiger charge is 2.00. The molecule has 5 nitrogen and oxygen atoms in total. The average Bonchev–Trinajstić information content (AvgIpc) is 2.03. The van der Waals surface area contributed by atoms with Crippen LogP contribution in [0.3, 0.4) is 0 Å². The molecule has 0 aromatic heterocycles. The van der Waals surface area contributed by atoms with Crippen LogP contribution in [-0.2, 0) is 14.3 Å². The monoisotopic (exact) mass is 188 g/mol. The Balaban J connectivity index is 3.16. The molecule has 0 saturated carbocycles. The third-order valence-corrected chi connectivity index (χ3v) is 1.34. The number of esters is 1. The van der Waals surface area contributed by atoms with Gasteiger partial charge in [0.1, 0.15) is 0 Å². The van der Waals surface area contributed by atoms with Gasteiger partial charge in [0.25, 0.3) is 0 Å². The first-order valence-corrected chi connectivity index (χ1v) is 4.31. The van der Waals surface area contributed by atoms with E-state index in [1.807, 2.05) is 0 Å². The lowest BCUT2D eigenvalue weighted by Gasteiger charge is -2.02. The zero-order valence-electron chi connectivity index (χ0n) is 7.84. The lowest BCUT2D eigenvalue weighted by molar-refractivity contribution is -0.143. The molecule has 0 atom stereocenters. The Hall–Kier alpha value is -1.10. The Morgan fingerprint density at radius 1 is 1.46 bits per heavy atom. The van der Waals surface area contributed by atoms with Crippen LogP contribution < -0.4 is 11.1 Å². The number of amides is 1. The minimum atomic E-state index is -0.392. The maximum Gasteiger partial charge on any atom is 0.305 e. The molecule has 0 aliphatic rings. The van der Waals surface area contributed by atoms with Crippen molar-refractivity contribution in [3.05, 3.63) is 0 Å². The van der Waals surface area contributed by atoms with Crippen molar-refractivity contribution >= 4 is 11.9 Å². The van der Waals surface area contributed by atoms with Gasteiger partial charge in [0, 0.05) is 6.42 Å². The van der Waals surface area contributed by atoms with Crippen LogP contribution in [0, 0.1) is 0 Å². The van der Waals surface area contributed by atoms with E-state index in [0.29, 0.717) is 26.0 Å². The highest BCUT2D eigenvalue weighted by atomic mass is 16.5. The quantitative estimate of drug-likeness (QED) is 0.413. The fourth-order valence-corrected chi connectivity index (χ4v) is 0.802. The summed E-state index contributed by atoms with van der Waals surface area (Å²) in [5, 5.41) is 2.80. The topological polar surface area (TPSA) is 81.4 Å². The second-order valence-electron chi connectivity index (χ2n) is 2.55. The highest BCUT2D eigenvalue weighted by molar-refractivity contribution is 5.75. The van der Waals surface area contributed by atoms with Gasteiger partial charge in [-0.2, -0.15) is 0 Å². The number of nitrogens with one attached hydrogen (secondary N) is 1. The van der Waals surface area contributed by atoms with Gasteiger partial charge >= 0.3 is 5.97 Å². The number of ether oxygens (including phenoxy) is 1. The molecule has 13 heavy (non-hydrogen) atoms. The normalized spacial score (nSPS) is 9.62. The van der Waals surface area contributed by atoms with Gasteiger partial charge in [0.2, 0.25) is 5.91 Å². The van der Waals surface area contributed by atoms with Crippen molar-refractivity contribution in [1.82, 2.24) is 5.32 Å². The van der Waals surface area contributed by atoms with Gasteiger partial charge in [-0.3, -0.25) is 9.59 Å². The van der Waals surface area contributed by atoms with E-state index < -0.39 is 5.91 Å². The SMILES string of the molecule is CCOC(=O)CCCNCC(N)=O. The minimum Gasteiger partial charge on any atom is -0.466 e. The second-order valence-corrected chi connectivity index (χ2v) is 2.55. The number of primary amides is 1. The fourth-order valence-electron chi connectivity index (χ4n) is 0.802. The molecule has 0 rings (SSSR count). The van der Waals surface area contributed by atoms with Crippen molar-refractivity contribution in [3.8, 4) is 0 Å². The predicted octanol–water partition coefficient (Wildman–Crippen LogP) is -0.595. The van der Waals surface area contributed by atoms with E-state index in [4.69, 9.17) is 10.5 Å². The zero-order chi connectivity index (χ0) is 10.1. The minimum absolute atomic E-state index is 0.156. The van der Waals surface area contributed by atoms with Gasteiger partial charge in [-0.05, 0) is 19.9 Å². The molecule has 76 valence electrons. The van der Waals surface area contributed by atoms with Crippen LogP contribution >= 0.6 is 0 Å². The highest BCUT2D eigenvalue weighted by Crippen LogP contribution is 1.90. The summed E-state index contributed by atoms with van der Waals surface area (Å²) in [5.74, 6) is -0.598. The zero-order valence-corrected chi connectivity index (χ0v) is 7.84. The van der Waals surface area contributed by atoms with Gasteiger partial charge in [-0.25, -0.2) is 0 Å². The number of hydrogen-bond donors (Lipinski definition) is 2. The van der Waals surface area contributed by atoms with Crippen molar-refractivity contribution in [2.75, 3.05) is 19.7 Å². The maximum atomic E-state index is 10.8. The Kier molecular flexibility index (Phi) is 6.91. The van der Waals surface area contributed by atoms with Crippen LogP contribution in [0.4, 0.5) is 0 Å².